The van der Waals surface area contributed by atoms with Gasteiger partial charge < -0.3 is 14.0 Å². The Morgan fingerprint density at radius 2 is 1.75 bits per heavy atom. The molecule has 0 N–H and O–H groups in total. The largest absolute Gasteiger partial charge is 0.372 e. The summed E-state index contributed by atoms with van der Waals surface area (Å²) in [7, 11) is 4.44. The number of aryl methyl sites for hydroxylation is 1. The summed E-state index contributed by atoms with van der Waals surface area (Å²) >= 11 is 0. The molecule has 6 nitrogen and oxygen atoms in total. The molecule has 0 radical (unpaired) electrons. The van der Waals surface area contributed by atoms with Gasteiger partial charge in [-0.1, -0.05) is 12.1 Å². The fourth-order valence-electron chi connectivity index (χ4n) is 5.46. The third-order valence-electron chi connectivity index (χ3n) is 7.40. The lowest BCUT2D eigenvalue weighted by molar-refractivity contribution is -0.000739. The van der Waals surface area contributed by atoms with Crippen LogP contribution >= 0.6 is 0 Å². The molecule has 0 saturated carbocycles. The molecule has 32 heavy (non-hydrogen) atoms. The normalized spacial score (nSPS) is 23.7. The topological polar surface area (TPSA) is 45.9 Å². The molecule has 2 aliphatic rings. The molecular weight excluding hydrogens is 398 g/mol. The number of piperidine rings is 2. The van der Waals surface area contributed by atoms with Crippen molar-refractivity contribution in [2.45, 2.75) is 63.8 Å². The van der Waals surface area contributed by atoms with Gasteiger partial charge in [0.15, 0.2) is 0 Å². The first-order chi connectivity index (χ1) is 15.6. The summed E-state index contributed by atoms with van der Waals surface area (Å²) in [6.07, 6.45) is 10.0. The van der Waals surface area contributed by atoms with Crippen LogP contribution in [-0.2, 0) is 11.3 Å². The van der Waals surface area contributed by atoms with Crippen molar-refractivity contribution in [3.63, 3.8) is 0 Å². The number of imidazole rings is 1. The van der Waals surface area contributed by atoms with Gasteiger partial charge in [-0.2, -0.15) is 0 Å². The lowest BCUT2D eigenvalue weighted by atomic mass is 9.90. The Labute approximate surface area is 191 Å². The first-order valence-electron chi connectivity index (χ1n) is 12.0. The highest BCUT2D eigenvalue weighted by molar-refractivity contribution is 5.44. The lowest BCUT2D eigenvalue weighted by Gasteiger charge is -2.39. The zero-order chi connectivity index (χ0) is 22.1. The molecule has 0 spiro atoms. The van der Waals surface area contributed by atoms with Crippen LogP contribution < -0.4 is 0 Å². The van der Waals surface area contributed by atoms with E-state index in [1.807, 2.05) is 12.3 Å². The summed E-state index contributed by atoms with van der Waals surface area (Å²) in [6.45, 7) is 5.01. The number of ether oxygens (including phenoxy) is 1. The molecule has 2 aliphatic heterocycles. The van der Waals surface area contributed by atoms with Crippen LogP contribution in [0.3, 0.4) is 0 Å². The quantitative estimate of drug-likeness (QED) is 0.591. The van der Waals surface area contributed by atoms with Crippen molar-refractivity contribution in [2.24, 2.45) is 0 Å². The molecule has 3 aromatic rings. The van der Waals surface area contributed by atoms with Gasteiger partial charge >= 0.3 is 0 Å². The van der Waals surface area contributed by atoms with Crippen LogP contribution in [0.2, 0.25) is 0 Å². The third kappa shape index (κ3) is 4.19. The van der Waals surface area contributed by atoms with Crippen molar-refractivity contribution in [1.82, 2.24) is 24.2 Å². The van der Waals surface area contributed by atoms with E-state index >= 15 is 0 Å². The summed E-state index contributed by atoms with van der Waals surface area (Å²) in [4.78, 5) is 14.8. The molecule has 5 rings (SSSR count). The van der Waals surface area contributed by atoms with Crippen LogP contribution in [-0.4, -0.2) is 57.5 Å². The number of rotatable bonds is 5. The van der Waals surface area contributed by atoms with E-state index in [1.54, 1.807) is 0 Å². The molecule has 5 heterocycles. The molecule has 0 aromatic carbocycles. The van der Waals surface area contributed by atoms with E-state index in [0.717, 1.165) is 44.4 Å². The van der Waals surface area contributed by atoms with Crippen LogP contribution in [0.4, 0.5) is 0 Å². The second-order valence-electron chi connectivity index (χ2n) is 9.52. The first-order valence-corrected chi connectivity index (χ1v) is 12.0. The Bertz CT molecular complexity index is 1060. The molecule has 2 unspecified atom stereocenters. The van der Waals surface area contributed by atoms with Crippen molar-refractivity contribution >= 4 is 5.65 Å². The van der Waals surface area contributed by atoms with Crippen LogP contribution in [0, 0.1) is 6.92 Å². The summed E-state index contributed by atoms with van der Waals surface area (Å²) in [5, 5.41) is 0. The van der Waals surface area contributed by atoms with Crippen LogP contribution in [0.5, 0.6) is 0 Å². The second kappa shape index (κ2) is 9.30. The zero-order valence-corrected chi connectivity index (χ0v) is 19.6. The molecule has 2 atom stereocenters. The molecule has 0 aliphatic carbocycles. The zero-order valence-electron chi connectivity index (χ0n) is 19.6. The monoisotopic (exact) mass is 433 g/mol. The molecule has 170 valence electrons. The number of nitrogens with zero attached hydrogens (tertiary/aromatic N) is 5. The van der Waals surface area contributed by atoms with Crippen molar-refractivity contribution in [1.29, 1.82) is 0 Å². The van der Waals surface area contributed by atoms with Gasteiger partial charge in [0.05, 0.1) is 41.9 Å². The Morgan fingerprint density at radius 3 is 2.53 bits per heavy atom. The minimum absolute atomic E-state index is 0.270. The van der Waals surface area contributed by atoms with Gasteiger partial charge in [-0.15, -0.1) is 0 Å². The molecule has 6 heteroatoms. The average Bonchev–Trinajstić information content (AvgIpc) is 3.18. The number of hydrogen-bond donors (Lipinski definition) is 0. The van der Waals surface area contributed by atoms with Gasteiger partial charge in [0.1, 0.15) is 5.65 Å². The average molecular weight is 434 g/mol. The third-order valence-corrected chi connectivity index (χ3v) is 7.40. The van der Waals surface area contributed by atoms with E-state index in [1.165, 1.54) is 29.1 Å². The number of fused-ring (bicyclic) bond motifs is 1. The smallest absolute Gasteiger partial charge is 0.137 e. The van der Waals surface area contributed by atoms with Gasteiger partial charge in [0, 0.05) is 25.5 Å². The number of pyridine rings is 2. The number of likely N-dealkylation sites (tertiary alicyclic amines) is 2. The molecule has 0 amide bonds. The molecular formula is C26H35N5O. The minimum atomic E-state index is 0.270. The van der Waals surface area contributed by atoms with E-state index in [9.17, 15) is 0 Å². The van der Waals surface area contributed by atoms with Crippen molar-refractivity contribution in [3.8, 4) is 0 Å². The molecule has 2 fully saturated rings. The highest BCUT2D eigenvalue weighted by atomic mass is 16.5. The standard InChI is InChI=1S/C26H35N5O/c1-19-8-7-14-27-25(19)21-9-6-10-22(30(21)3)26-23(31-15-5-4-11-24(31)28-26)18-32-20-12-16-29(2)17-13-20/h4-5,7-8,11,14-15,20-22H,6,9-10,12-13,16-18H2,1-3H3. The van der Waals surface area contributed by atoms with E-state index in [-0.39, 0.29) is 6.04 Å². The summed E-state index contributed by atoms with van der Waals surface area (Å²) in [6, 6.07) is 11.0. The SMILES string of the molecule is Cc1cccnc1C1CCCC(c2nc3ccccn3c2COC2CCN(C)CC2)N1C. The Morgan fingerprint density at radius 1 is 0.969 bits per heavy atom. The van der Waals surface area contributed by atoms with Gasteiger partial charge in [0.2, 0.25) is 0 Å². The number of aromatic nitrogens is 3. The van der Waals surface area contributed by atoms with Gasteiger partial charge in [-0.05, 0) is 76.9 Å². The van der Waals surface area contributed by atoms with E-state index in [0.29, 0.717) is 18.8 Å². The lowest BCUT2D eigenvalue weighted by Crippen LogP contribution is -2.35. The fourth-order valence-corrected chi connectivity index (χ4v) is 5.46. The van der Waals surface area contributed by atoms with Crippen molar-refractivity contribution in [2.75, 3.05) is 27.2 Å². The maximum atomic E-state index is 6.46. The van der Waals surface area contributed by atoms with E-state index < -0.39 is 0 Å². The molecule has 2 saturated heterocycles. The Hall–Kier alpha value is -2.28. The summed E-state index contributed by atoms with van der Waals surface area (Å²) in [5.41, 5.74) is 5.85. The van der Waals surface area contributed by atoms with Crippen LogP contribution in [0.15, 0.2) is 42.7 Å². The fraction of sp³-hybridized carbons (Fsp3) is 0.538. The van der Waals surface area contributed by atoms with E-state index in [4.69, 9.17) is 14.7 Å². The maximum Gasteiger partial charge on any atom is 0.137 e. The van der Waals surface area contributed by atoms with Crippen molar-refractivity contribution < 1.29 is 4.74 Å². The van der Waals surface area contributed by atoms with Crippen molar-refractivity contribution in [3.05, 3.63) is 65.4 Å². The van der Waals surface area contributed by atoms with Crippen LogP contribution in [0.1, 0.15) is 66.8 Å². The minimum Gasteiger partial charge on any atom is -0.372 e. The second-order valence-corrected chi connectivity index (χ2v) is 9.52. The molecule has 3 aromatic heterocycles. The first kappa shape index (κ1) is 21.6. The van der Waals surface area contributed by atoms with Crippen LogP contribution in [0.25, 0.3) is 5.65 Å². The predicted octanol–water partition coefficient (Wildman–Crippen LogP) is 4.55. The highest BCUT2D eigenvalue weighted by Crippen LogP contribution is 2.41. The maximum absolute atomic E-state index is 6.46. The van der Waals surface area contributed by atoms with Gasteiger partial charge in [-0.25, -0.2) is 4.98 Å². The summed E-state index contributed by atoms with van der Waals surface area (Å²) in [5.74, 6) is 0. The van der Waals surface area contributed by atoms with Gasteiger partial charge in [-0.3, -0.25) is 9.88 Å². The summed E-state index contributed by atoms with van der Waals surface area (Å²) < 4.78 is 8.69. The van der Waals surface area contributed by atoms with E-state index in [2.05, 4.69) is 65.7 Å². The molecule has 0 bridgehead atoms. The Balaban J connectivity index is 1.44. The predicted molar refractivity (Wildman–Crippen MR) is 127 cm³/mol. The Kier molecular flexibility index (Phi) is 6.26. The highest BCUT2D eigenvalue weighted by Gasteiger charge is 2.34. The number of hydrogen-bond acceptors (Lipinski definition) is 5. The van der Waals surface area contributed by atoms with Gasteiger partial charge in [0.25, 0.3) is 0 Å².